The fourth-order valence-electron chi connectivity index (χ4n) is 1.88. The van der Waals surface area contributed by atoms with Gasteiger partial charge < -0.3 is 15.8 Å². The largest absolute Gasteiger partial charge is 0.497 e. The van der Waals surface area contributed by atoms with Gasteiger partial charge in [-0.3, -0.25) is 0 Å². The summed E-state index contributed by atoms with van der Waals surface area (Å²) < 4.78 is 5.21. The monoisotopic (exact) mass is 242 g/mol. The molecule has 3 heteroatoms. The molecule has 94 valence electrons. The Balaban J connectivity index is 2.25. The van der Waals surface area contributed by atoms with Crippen LogP contribution in [0.15, 0.2) is 48.5 Å². The molecule has 0 aliphatic rings. The van der Waals surface area contributed by atoms with Crippen molar-refractivity contribution in [2.24, 2.45) is 5.73 Å². The highest BCUT2D eigenvalue weighted by Crippen LogP contribution is 2.24. The number of ether oxygens (including phenoxy) is 1. The van der Waals surface area contributed by atoms with Gasteiger partial charge in [-0.15, -0.1) is 0 Å². The zero-order valence-corrected chi connectivity index (χ0v) is 10.7. The molecule has 3 nitrogen and oxygen atoms in total. The highest BCUT2D eigenvalue weighted by atomic mass is 16.5. The minimum absolute atomic E-state index is 0.133. The van der Waals surface area contributed by atoms with Crippen LogP contribution in [0.3, 0.4) is 0 Å². The molecule has 2 rings (SSSR count). The molecule has 0 radical (unpaired) electrons. The van der Waals surface area contributed by atoms with E-state index < -0.39 is 0 Å². The lowest BCUT2D eigenvalue weighted by atomic mass is 9.99. The van der Waals surface area contributed by atoms with Crippen molar-refractivity contribution in [2.75, 3.05) is 19.5 Å². The number of methoxy groups -OCH3 is 1. The van der Waals surface area contributed by atoms with Crippen LogP contribution in [0.25, 0.3) is 0 Å². The molecule has 2 aromatic carbocycles. The van der Waals surface area contributed by atoms with Gasteiger partial charge in [0.2, 0.25) is 0 Å². The van der Waals surface area contributed by atoms with Gasteiger partial charge in [-0.05, 0) is 35.4 Å². The van der Waals surface area contributed by atoms with Crippen molar-refractivity contribution in [1.82, 2.24) is 0 Å². The van der Waals surface area contributed by atoms with Gasteiger partial charge in [0.1, 0.15) is 5.75 Å². The molecule has 0 saturated carbocycles. The number of nitrogens with two attached hydrogens (primary N) is 1. The minimum atomic E-state index is -0.133. The van der Waals surface area contributed by atoms with Crippen LogP contribution in [0.2, 0.25) is 0 Å². The molecular weight excluding hydrogens is 224 g/mol. The average Bonchev–Trinajstić information content (AvgIpc) is 2.46. The Bertz CT molecular complexity index is 508. The maximum Gasteiger partial charge on any atom is 0.119 e. The normalized spacial score (nSPS) is 11.9. The quantitative estimate of drug-likeness (QED) is 0.866. The first-order chi connectivity index (χ1) is 8.74. The highest BCUT2D eigenvalue weighted by molar-refractivity contribution is 5.46. The molecule has 1 unspecified atom stereocenters. The molecule has 0 aliphatic carbocycles. The van der Waals surface area contributed by atoms with E-state index in [9.17, 15) is 0 Å². The van der Waals surface area contributed by atoms with E-state index in [1.807, 2.05) is 55.6 Å². The summed E-state index contributed by atoms with van der Waals surface area (Å²) in [6.45, 7) is 0. The summed E-state index contributed by atoms with van der Waals surface area (Å²) in [7, 11) is 3.56. The number of nitrogens with one attached hydrogen (secondary N) is 1. The van der Waals surface area contributed by atoms with Crippen LogP contribution in [0.1, 0.15) is 17.2 Å². The Morgan fingerprint density at radius 1 is 1.06 bits per heavy atom. The molecule has 0 heterocycles. The SMILES string of the molecule is CNc1ccc(C(N)c2cccc(OC)c2)cc1. The van der Waals surface area contributed by atoms with E-state index in [4.69, 9.17) is 10.5 Å². The lowest BCUT2D eigenvalue weighted by Crippen LogP contribution is -2.11. The molecule has 18 heavy (non-hydrogen) atoms. The third-order valence-electron chi connectivity index (χ3n) is 3.01. The van der Waals surface area contributed by atoms with Crippen molar-refractivity contribution >= 4 is 5.69 Å². The van der Waals surface area contributed by atoms with Crippen LogP contribution in [-0.4, -0.2) is 14.2 Å². The number of rotatable bonds is 4. The Hall–Kier alpha value is -2.00. The average molecular weight is 242 g/mol. The fourth-order valence-corrected chi connectivity index (χ4v) is 1.88. The molecular formula is C15H18N2O. The molecule has 0 bridgehead atoms. The van der Waals surface area contributed by atoms with E-state index in [-0.39, 0.29) is 6.04 Å². The van der Waals surface area contributed by atoms with Crippen molar-refractivity contribution in [3.8, 4) is 5.75 Å². The number of hydrogen-bond acceptors (Lipinski definition) is 3. The highest BCUT2D eigenvalue weighted by Gasteiger charge is 2.09. The topological polar surface area (TPSA) is 47.3 Å². The van der Waals surface area contributed by atoms with Crippen LogP contribution in [0.5, 0.6) is 5.75 Å². The second-order valence-electron chi connectivity index (χ2n) is 4.13. The summed E-state index contributed by atoms with van der Waals surface area (Å²) in [6.07, 6.45) is 0. The van der Waals surface area contributed by atoms with E-state index in [0.29, 0.717) is 0 Å². The first kappa shape index (κ1) is 12.5. The molecule has 0 aromatic heterocycles. The zero-order valence-electron chi connectivity index (χ0n) is 10.7. The molecule has 0 aliphatic heterocycles. The molecule has 0 saturated heterocycles. The van der Waals surface area contributed by atoms with Crippen molar-refractivity contribution < 1.29 is 4.74 Å². The standard InChI is InChI=1S/C15H18N2O/c1-17-13-8-6-11(7-9-13)15(16)12-4-3-5-14(10-12)18-2/h3-10,15,17H,16H2,1-2H3. The van der Waals surface area contributed by atoms with E-state index in [1.54, 1.807) is 7.11 Å². The molecule has 3 N–H and O–H groups in total. The van der Waals surface area contributed by atoms with E-state index in [2.05, 4.69) is 5.32 Å². The fraction of sp³-hybridized carbons (Fsp3) is 0.200. The Labute approximate surface area is 108 Å². The van der Waals surface area contributed by atoms with Gasteiger partial charge in [-0.2, -0.15) is 0 Å². The smallest absolute Gasteiger partial charge is 0.119 e. The first-order valence-corrected chi connectivity index (χ1v) is 5.92. The predicted octanol–water partition coefficient (Wildman–Crippen LogP) is 2.79. The zero-order chi connectivity index (χ0) is 13.0. The summed E-state index contributed by atoms with van der Waals surface area (Å²) in [5.41, 5.74) is 9.47. The van der Waals surface area contributed by atoms with Gasteiger partial charge in [-0.25, -0.2) is 0 Å². The molecule has 0 amide bonds. The summed E-state index contributed by atoms with van der Waals surface area (Å²) in [5.74, 6) is 0.829. The van der Waals surface area contributed by atoms with Gasteiger partial charge in [0.25, 0.3) is 0 Å². The van der Waals surface area contributed by atoms with Gasteiger partial charge >= 0.3 is 0 Å². The first-order valence-electron chi connectivity index (χ1n) is 5.92. The lowest BCUT2D eigenvalue weighted by Gasteiger charge is -2.14. The van der Waals surface area contributed by atoms with Gasteiger partial charge in [-0.1, -0.05) is 24.3 Å². The molecule has 0 spiro atoms. The van der Waals surface area contributed by atoms with Crippen LogP contribution in [0, 0.1) is 0 Å². The minimum Gasteiger partial charge on any atom is -0.497 e. The van der Waals surface area contributed by atoms with Crippen molar-refractivity contribution in [3.63, 3.8) is 0 Å². The Morgan fingerprint density at radius 2 is 1.78 bits per heavy atom. The summed E-state index contributed by atoms with van der Waals surface area (Å²) in [5, 5.41) is 3.09. The van der Waals surface area contributed by atoms with Gasteiger partial charge in [0, 0.05) is 12.7 Å². The van der Waals surface area contributed by atoms with E-state index in [0.717, 1.165) is 22.6 Å². The molecule has 1 atom stereocenters. The summed E-state index contributed by atoms with van der Waals surface area (Å²) >= 11 is 0. The second-order valence-corrected chi connectivity index (χ2v) is 4.13. The number of hydrogen-bond donors (Lipinski definition) is 2. The summed E-state index contributed by atoms with van der Waals surface area (Å²) in [4.78, 5) is 0. The third kappa shape index (κ3) is 2.63. The van der Waals surface area contributed by atoms with Crippen molar-refractivity contribution in [1.29, 1.82) is 0 Å². The van der Waals surface area contributed by atoms with Crippen molar-refractivity contribution in [2.45, 2.75) is 6.04 Å². The Morgan fingerprint density at radius 3 is 2.39 bits per heavy atom. The van der Waals surface area contributed by atoms with Gasteiger partial charge in [0.05, 0.1) is 13.2 Å². The molecule has 0 fully saturated rings. The summed E-state index contributed by atoms with van der Waals surface area (Å²) in [6, 6.07) is 15.8. The Kier molecular flexibility index (Phi) is 3.85. The molecule has 2 aromatic rings. The van der Waals surface area contributed by atoms with E-state index in [1.165, 1.54) is 0 Å². The van der Waals surface area contributed by atoms with Crippen LogP contribution >= 0.6 is 0 Å². The third-order valence-corrected chi connectivity index (χ3v) is 3.01. The van der Waals surface area contributed by atoms with Crippen LogP contribution in [-0.2, 0) is 0 Å². The van der Waals surface area contributed by atoms with Crippen molar-refractivity contribution in [3.05, 3.63) is 59.7 Å². The second kappa shape index (κ2) is 5.56. The maximum atomic E-state index is 6.26. The van der Waals surface area contributed by atoms with E-state index >= 15 is 0 Å². The maximum absolute atomic E-state index is 6.26. The number of anilines is 1. The number of benzene rings is 2. The predicted molar refractivity (Wildman–Crippen MR) is 75.0 cm³/mol. The lowest BCUT2D eigenvalue weighted by molar-refractivity contribution is 0.414. The van der Waals surface area contributed by atoms with Crippen LogP contribution < -0.4 is 15.8 Å². The van der Waals surface area contributed by atoms with Gasteiger partial charge in [0.15, 0.2) is 0 Å². The van der Waals surface area contributed by atoms with Crippen LogP contribution in [0.4, 0.5) is 5.69 Å².